The summed E-state index contributed by atoms with van der Waals surface area (Å²) < 4.78 is 1.98. The minimum Gasteiger partial charge on any atom is -0.380 e. The molecule has 0 spiro atoms. The number of likely N-dealkylation sites (tertiary alicyclic amines) is 1. The topological polar surface area (TPSA) is 46.0 Å². The summed E-state index contributed by atoms with van der Waals surface area (Å²) in [6.07, 6.45) is 7.89. The summed E-state index contributed by atoms with van der Waals surface area (Å²) in [6, 6.07) is 3.95. The number of nitrogens with one attached hydrogen (secondary N) is 1. The molecule has 0 aromatic carbocycles. The SMILES string of the molecule is CC(C)n1ncc2cc(NC3CCN(C4CC4)C3)cnc21. The fraction of sp³-hybridized carbons (Fsp3) is 0.625. The van der Waals surface area contributed by atoms with Gasteiger partial charge in [0.05, 0.1) is 18.1 Å². The highest BCUT2D eigenvalue weighted by atomic mass is 15.3. The molecule has 2 aliphatic rings. The van der Waals surface area contributed by atoms with E-state index in [0.717, 1.165) is 22.8 Å². The second kappa shape index (κ2) is 4.98. The summed E-state index contributed by atoms with van der Waals surface area (Å²) >= 11 is 0. The third-order valence-corrected chi connectivity index (χ3v) is 4.58. The second-order valence-electron chi connectivity index (χ2n) is 6.68. The highest BCUT2D eigenvalue weighted by Crippen LogP contribution is 2.30. The van der Waals surface area contributed by atoms with Crippen LogP contribution in [-0.2, 0) is 0 Å². The lowest BCUT2D eigenvalue weighted by Gasteiger charge is -2.16. The van der Waals surface area contributed by atoms with Crippen LogP contribution >= 0.6 is 0 Å². The largest absolute Gasteiger partial charge is 0.380 e. The van der Waals surface area contributed by atoms with Crippen LogP contribution in [0.15, 0.2) is 18.5 Å². The zero-order valence-electron chi connectivity index (χ0n) is 12.8. The number of hydrogen-bond donors (Lipinski definition) is 1. The van der Waals surface area contributed by atoms with E-state index in [1.54, 1.807) is 0 Å². The van der Waals surface area contributed by atoms with E-state index < -0.39 is 0 Å². The molecule has 112 valence electrons. The Kier molecular flexibility index (Phi) is 3.10. The van der Waals surface area contributed by atoms with E-state index in [4.69, 9.17) is 0 Å². The first-order chi connectivity index (χ1) is 10.2. The standard InChI is InChI=1S/C16H23N5/c1-11(2)21-16-12(8-18-21)7-14(9-17-16)19-13-5-6-20(10-13)15-3-4-15/h7-9,11,13,15,19H,3-6,10H2,1-2H3. The van der Waals surface area contributed by atoms with Crippen LogP contribution in [0, 0.1) is 0 Å². The van der Waals surface area contributed by atoms with E-state index in [1.807, 2.05) is 17.1 Å². The van der Waals surface area contributed by atoms with Gasteiger partial charge in [0, 0.05) is 36.6 Å². The first-order valence-corrected chi connectivity index (χ1v) is 8.04. The molecule has 5 heteroatoms. The molecule has 1 saturated carbocycles. The zero-order chi connectivity index (χ0) is 14.4. The van der Waals surface area contributed by atoms with E-state index in [9.17, 15) is 0 Å². The van der Waals surface area contributed by atoms with Crippen molar-refractivity contribution in [2.24, 2.45) is 0 Å². The number of fused-ring (bicyclic) bond motifs is 1. The molecular weight excluding hydrogens is 262 g/mol. The highest BCUT2D eigenvalue weighted by molar-refractivity contribution is 5.78. The zero-order valence-corrected chi connectivity index (χ0v) is 12.8. The van der Waals surface area contributed by atoms with E-state index >= 15 is 0 Å². The minimum absolute atomic E-state index is 0.343. The molecule has 21 heavy (non-hydrogen) atoms. The van der Waals surface area contributed by atoms with Crippen LogP contribution in [0.5, 0.6) is 0 Å². The molecule has 4 rings (SSSR count). The van der Waals surface area contributed by atoms with Crippen molar-refractivity contribution in [3.05, 3.63) is 18.5 Å². The minimum atomic E-state index is 0.343. The Morgan fingerprint density at radius 1 is 1.24 bits per heavy atom. The van der Waals surface area contributed by atoms with Crippen LogP contribution in [0.1, 0.15) is 39.2 Å². The Bertz CT molecular complexity index is 643. The van der Waals surface area contributed by atoms with Crippen LogP contribution in [0.25, 0.3) is 11.0 Å². The maximum absolute atomic E-state index is 4.60. The third-order valence-electron chi connectivity index (χ3n) is 4.58. The van der Waals surface area contributed by atoms with E-state index in [-0.39, 0.29) is 0 Å². The maximum Gasteiger partial charge on any atom is 0.158 e. The first kappa shape index (κ1) is 13.1. The molecule has 1 unspecified atom stereocenters. The normalized spacial score (nSPS) is 23.3. The van der Waals surface area contributed by atoms with Crippen LogP contribution in [0.4, 0.5) is 5.69 Å². The van der Waals surface area contributed by atoms with E-state index in [1.165, 1.54) is 32.4 Å². The number of hydrogen-bond acceptors (Lipinski definition) is 4. The number of aromatic nitrogens is 3. The lowest BCUT2D eigenvalue weighted by Crippen LogP contribution is -2.27. The Hall–Kier alpha value is -1.62. The molecule has 0 bridgehead atoms. The van der Waals surface area contributed by atoms with Gasteiger partial charge in [0.25, 0.3) is 0 Å². The van der Waals surface area contributed by atoms with Gasteiger partial charge in [-0.1, -0.05) is 0 Å². The van der Waals surface area contributed by atoms with Gasteiger partial charge in [-0.15, -0.1) is 0 Å². The van der Waals surface area contributed by atoms with Crippen molar-refractivity contribution >= 4 is 16.7 Å². The van der Waals surface area contributed by atoms with Crippen molar-refractivity contribution in [1.82, 2.24) is 19.7 Å². The quantitative estimate of drug-likeness (QED) is 0.938. The van der Waals surface area contributed by atoms with Crippen molar-refractivity contribution in [2.45, 2.75) is 51.2 Å². The molecule has 2 fully saturated rings. The molecule has 1 N–H and O–H groups in total. The van der Waals surface area contributed by atoms with E-state index in [2.05, 4.69) is 40.2 Å². The molecule has 5 nitrogen and oxygen atoms in total. The Balaban J connectivity index is 1.49. The predicted molar refractivity (Wildman–Crippen MR) is 84.5 cm³/mol. The van der Waals surface area contributed by atoms with Gasteiger partial charge in [-0.05, 0) is 39.2 Å². The molecule has 1 aliphatic carbocycles. The van der Waals surface area contributed by atoms with Gasteiger partial charge in [0.15, 0.2) is 5.65 Å². The molecular formula is C16H23N5. The lowest BCUT2D eigenvalue weighted by atomic mass is 10.2. The van der Waals surface area contributed by atoms with Gasteiger partial charge < -0.3 is 5.32 Å². The van der Waals surface area contributed by atoms with Gasteiger partial charge in [0.1, 0.15) is 0 Å². The maximum atomic E-state index is 4.60. The lowest BCUT2D eigenvalue weighted by molar-refractivity contribution is 0.326. The molecule has 1 saturated heterocycles. The molecule has 2 aromatic heterocycles. The third kappa shape index (κ3) is 2.50. The van der Waals surface area contributed by atoms with Gasteiger partial charge in [-0.2, -0.15) is 5.10 Å². The monoisotopic (exact) mass is 285 g/mol. The van der Waals surface area contributed by atoms with Crippen molar-refractivity contribution in [1.29, 1.82) is 0 Å². The van der Waals surface area contributed by atoms with Gasteiger partial charge >= 0.3 is 0 Å². The Labute approximate surface area is 125 Å². The average Bonchev–Trinajstić information content (AvgIpc) is 3.06. The number of nitrogens with zero attached hydrogens (tertiary/aromatic N) is 4. The van der Waals surface area contributed by atoms with E-state index in [0.29, 0.717) is 12.1 Å². The average molecular weight is 285 g/mol. The Morgan fingerprint density at radius 2 is 2.10 bits per heavy atom. The molecule has 2 aromatic rings. The molecule has 3 heterocycles. The summed E-state index contributed by atoms with van der Waals surface area (Å²) in [7, 11) is 0. The molecule has 0 amide bonds. The summed E-state index contributed by atoms with van der Waals surface area (Å²) in [5, 5.41) is 9.19. The predicted octanol–water partition coefficient (Wildman–Crippen LogP) is 2.66. The summed E-state index contributed by atoms with van der Waals surface area (Å²) in [6.45, 7) is 6.67. The van der Waals surface area contributed by atoms with Gasteiger partial charge in [-0.3, -0.25) is 4.90 Å². The smallest absolute Gasteiger partial charge is 0.158 e. The fourth-order valence-electron chi connectivity index (χ4n) is 3.31. The number of rotatable bonds is 4. The number of anilines is 1. The molecule has 1 aliphatic heterocycles. The summed E-state index contributed by atoms with van der Waals surface area (Å²) in [5.74, 6) is 0. The van der Waals surface area contributed by atoms with Crippen molar-refractivity contribution in [2.75, 3.05) is 18.4 Å². The Morgan fingerprint density at radius 3 is 2.86 bits per heavy atom. The van der Waals surface area contributed by atoms with Crippen LogP contribution in [-0.4, -0.2) is 44.8 Å². The van der Waals surface area contributed by atoms with Gasteiger partial charge in [0.2, 0.25) is 0 Å². The highest BCUT2D eigenvalue weighted by Gasteiger charge is 2.34. The van der Waals surface area contributed by atoms with Crippen LogP contribution < -0.4 is 5.32 Å². The van der Waals surface area contributed by atoms with Crippen LogP contribution in [0.3, 0.4) is 0 Å². The molecule has 1 atom stereocenters. The fourth-order valence-corrected chi connectivity index (χ4v) is 3.31. The van der Waals surface area contributed by atoms with Gasteiger partial charge in [-0.25, -0.2) is 9.67 Å². The summed E-state index contributed by atoms with van der Waals surface area (Å²) in [5.41, 5.74) is 2.09. The molecule has 0 radical (unpaired) electrons. The second-order valence-corrected chi connectivity index (χ2v) is 6.68. The van der Waals surface area contributed by atoms with Crippen LogP contribution in [0.2, 0.25) is 0 Å². The van der Waals surface area contributed by atoms with Crippen molar-refractivity contribution in [3.63, 3.8) is 0 Å². The van der Waals surface area contributed by atoms with Crippen molar-refractivity contribution < 1.29 is 0 Å². The number of pyridine rings is 1. The summed E-state index contributed by atoms with van der Waals surface area (Å²) in [4.78, 5) is 7.22. The van der Waals surface area contributed by atoms with Crippen molar-refractivity contribution in [3.8, 4) is 0 Å². The first-order valence-electron chi connectivity index (χ1n) is 8.04.